The normalized spacial score (nSPS) is 10.3. The molecule has 2 aromatic rings. The summed E-state index contributed by atoms with van der Waals surface area (Å²) in [6, 6.07) is 4.11. The topological polar surface area (TPSA) is 66.9 Å². The molecule has 2 N–H and O–H groups in total. The lowest BCUT2D eigenvalue weighted by Crippen LogP contribution is -2.28. The number of amides is 2. The second-order valence-corrected chi connectivity index (χ2v) is 5.77. The maximum atomic E-state index is 13.4. The predicted octanol–water partition coefficient (Wildman–Crippen LogP) is 3.07. The minimum atomic E-state index is -0.449. The van der Waals surface area contributed by atoms with Crippen LogP contribution in [0.15, 0.2) is 22.7 Å². The average molecular weight is 345 g/mol. The number of carbonyl (C=O) groups excluding carboxylic acids is 1. The lowest BCUT2D eigenvalue weighted by molar-refractivity contribution is 0.251. The van der Waals surface area contributed by atoms with E-state index in [0.29, 0.717) is 10.7 Å². The van der Waals surface area contributed by atoms with Gasteiger partial charge in [-0.05, 0) is 25.1 Å². The van der Waals surface area contributed by atoms with Crippen LogP contribution in [0.3, 0.4) is 0 Å². The highest BCUT2D eigenvalue weighted by molar-refractivity contribution is 9.10. The fourth-order valence-corrected chi connectivity index (χ4v) is 2.34. The molecular weight excluding hydrogens is 335 g/mol. The zero-order valence-corrected chi connectivity index (χ0v) is 12.3. The van der Waals surface area contributed by atoms with Gasteiger partial charge in [0.25, 0.3) is 0 Å². The van der Waals surface area contributed by atoms with E-state index in [1.165, 1.54) is 17.4 Å². The van der Waals surface area contributed by atoms with Crippen molar-refractivity contribution in [2.75, 3.05) is 5.32 Å². The second-order valence-electron chi connectivity index (χ2n) is 3.67. The lowest BCUT2D eigenvalue weighted by Gasteiger charge is -2.06. The fraction of sp³-hybridized carbons (Fsp3) is 0.182. The maximum absolute atomic E-state index is 13.4. The van der Waals surface area contributed by atoms with Gasteiger partial charge in [0.05, 0.1) is 0 Å². The monoisotopic (exact) mass is 344 g/mol. The number of hydrogen-bond acceptors (Lipinski definition) is 4. The fourth-order valence-electron chi connectivity index (χ4n) is 1.34. The predicted molar refractivity (Wildman–Crippen MR) is 74.6 cm³/mol. The van der Waals surface area contributed by atoms with Gasteiger partial charge in [0.2, 0.25) is 5.13 Å². The average Bonchev–Trinajstić information content (AvgIpc) is 2.76. The second kappa shape index (κ2) is 6.07. The number of aromatic nitrogens is 2. The molecule has 0 fully saturated rings. The van der Waals surface area contributed by atoms with Crippen molar-refractivity contribution >= 4 is 38.4 Å². The number of urea groups is 1. The zero-order chi connectivity index (χ0) is 13.8. The first-order valence-electron chi connectivity index (χ1n) is 5.33. The van der Waals surface area contributed by atoms with E-state index in [2.05, 4.69) is 36.8 Å². The van der Waals surface area contributed by atoms with E-state index in [-0.39, 0.29) is 12.4 Å². The van der Waals surface area contributed by atoms with E-state index in [1.807, 2.05) is 0 Å². The van der Waals surface area contributed by atoms with Crippen LogP contribution < -0.4 is 10.6 Å². The first-order valence-corrected chi connectivity index (χ1v) is 6.94. The van der Waals surface area contributed by atoms with Crippen LogP contribution in [-0.2, 0) is 6.54 Å². The molecule has 1 heterocycles. The Morgan fingerprint density at radius 1 is 1.47 bits per heavy atom. The molecule has 19 heavy (non-hydrogen) atoms. The third-order valence-corrected chi connectivity index (χ3v) is 3.44. The summed E-state index contributed by atoms with van der Waals surface area (Å²) in [4.78, 5) is 11.6. The van der Waals surface area contributed by atoms with E-state index >= 15 is 0 Å². The Hall–Kier alpha value is -1.54. The Balaban J connectivity index is 1.91. The van der Waals surface area contributed by atoms with Crippen LogP contribution in [0.4, 0.5) is 14.3 Å². The molecule has 5 nitrogen and oxygen atoms in total. The lowest BCUT2D eigenvalue weighted by atomic mass is 10.2. The van der Waals surface area contributed by atoms with Gasteiger partial charge in [-0.3, -0.25) is 5.32 Å². The summed E-state index contributed by atoms with van der Waals surface area (Å²) in [5.74, 6) is -0.366. The summed E-state index contributed by atoms with van der Waals surface area (Å²) in [5.41, 5.74) is 0.401. The molecule has 0 atom stereocenters. The molecule has 2 rings (SSSR count). The van der Waals surface area contributed by atoms with Crippen LogP contribution >= 0.6 is 27.3 Å². The number of hydrogen-bond donors (Lipinski definition) is 2. The molecule has 0 aliphatic heterocycles. The van der Waals surface area contributed by atoms with Gasteiger partial charge in [-0.25, -0.2) is 9.18 Å². The smallest absolute Gasteiger partial charge is 0.321 e. The van der Waals surface area contributed by atoms with Crippen molar-refractivity contribution in [3.05, 3.63) is 39.1 Å². The number of anilines is 1. The Kier molecular flexibility index (Phi) is 4.43. The summed E-state index contributed by atoms with van der Waals surface area (Å²) in [6.07, 6.45) is 0. The van der Waals surface area contributed by atoms with Gasteiger partial charge in [0.15, 0.2) is 0 Å². The molecule has 0 radical (unpaired) electrons. The Morgan fingerprint density at radius 3 is 2.95 bits per heavy atom. The highest BCUT2D eigenvalue weighted by atomic mass is 79.9. The third kappa shape index (κ3) is 3.97. The van der Waals surface area contributed by atoms with Crippen LogP contribution in [-0.4, -0.2) is 16.2 Å². The molecule has 1 aromatic heterocycles. The van der Waals surface area contributed by atoms with E-state index < -0.39 is 6.03 Å². The van der Waals surface area contributed by atoms with E-state index in [1.54, 1.807) is 19.1 Å². The Labute approximate surface area is 121 Å². The molecule has 8 heteroatoms. The summed E-state index contributed by atoms with van der Waals surface area (Å²) in [6.45, 7) is 1.88. The molecule has 0 saturated carbocycles. The van der Waals surface area contributed by atoms with Gasteiger partial charge in [0, 0.05) is 16.6 Å². The number of carbonyl (C=O) groups is 1. The molecule has 0 aliphatic carbocycles. The number of rotatable bonds is 3. The number of nitrogens with one attached hydrogen (secondary N) is 2. The Bertz CT molecular complexity index is 604. The van der Waals surface area contributed by atoms with Crippen molar-refractivity contribution in [3.8, 4) is 0 Å². The van der Waals surface area contributed by atoms with Gasteiger partial charge in [-0.1, -0.05) is 27.3 Å². The molecular formula is C11H10BrFN4OS. The summed E-state index contributed by atoms with van der Waals surface area (Å²) >= 11 is 4.52. The minimum absolute atomic E-state index is 0.0922. The van der Waals surface area contributed by atoms with Crippen molar-refractivity contribution < 1.29 is 9.18 Å². The molecule has 0 unspecified atom stereocenters. The first-order chi connectivity index (χ1) is 9.04. The van der Waals surface area contributed by atoms with Crippen molar-refractivity contribution in [1.82, 2.24) is 15.5 Å². The summed E-state index contributed by atoms with van der Waals surface area (Å²) in [5, 5.41) is 13.8. The van der Waals surface area contributed by atoms with Crippen molar-refractivity contribution in [2.24, 2.45) is 0 Å². The van der Waals surface area contributed by atoms with Gasteiger partial charge in [-0.15, -0.1) is 10.2 Å². The number of benzene rings is 1. The molecule has 0 aliphatic rings. The minimum Gasteiger partial charge on any atom is -0.334 e. The van der Waals surface area contributed by atoms with Gasteiger partial charge < -0.3 is 5.32 Å². The summed E-state index contributed by atoms with van der Waals surface area (Å²) < 4.78 is 14.2. The largest absolute Gasteiger partial charge is 0.334 e. The van der Waals surface area contributed by atoms with Crippen LogP contribution in [0, 0.1) is 12.7 Å². The number of nitrogens with zero attached hydrogens (tertiary/aromatic N) is 2. The number of halogens is 2. The number of aryl methyl sites for hydroxylation is 1. The highest BCUT2D eigenvalue weighted by Crippen LogP contribution is 2.16. The standard InChI is InChI=1S/C11H10BrFN4OS/c1-6-16-17-11(19-6)15-10(18)14-5-7-4-8(12)2-3-9(7)13/h2-4H,5H2,1H3,(H2,14,15,17,18). The molecule has 1 aromatic carbocycles. The SMILES string of the molecule is Cc1nnc(NC(=O)NCc2cc(Br)ccc2F)s1. The van der Waals surface area contributed by atoms with Crippen LogP contribution in [0.1, 0.15) is 10.6 Å². The van der Waals surface area contributed by atoms with Crippen LogP contribution in [0.5, 0.6) is 0 Å². The van der Waals surface area contributed by atoms with Gasteiger partial charge >= 0.3 is 6.03 Å². The van der Waals surface area contributed by atoms with Gasteiger partial charge in [-0.2, -0.15) is 0 Å². The first kappa shape index (κ1) is 13.9. The van der Waals surface area contributed by atoms with Crippen molar-refractivity contribution in [3.63, 3.8) is 0 Å². The Morgan fingerprint density at radius 2 is 2.26 bits per heavy atom. The molecule has 2 amide bonds. The zero-order valence-electron chi connectivity index (χ0n) is 9.91. The van der Waals surface area contributed by atoms with Crippen LogP contribution in [0.25, 0.3) is 0 Å². The van der Waals surface area contributed by atoms with Crippen molar-refractivity contribution in [2.45, 2.75) is 13.5 Å². The molecule has 0 bridgehead atoms. The van der Waals surface area contributed by atoms with Crippen molar-refractivity contribution in [1.29, 1.82) is 0 Å². The van der Waals surface area contributed by atoms with E-state index in [0.717, 1.165) is 9.48 Å². The molecule has 100 valence electrons. The molecule has 0 saturated heterocycles. The third-order valence-electron chi connectivity index (χ3n) is 2.19. The van der Waals surface area contributed by atoms with Crippen LogP contribution in [0.2, 0.25) is 0 Å². The maximum Gasteiger partial charge on any atom is 0.321 e. The highest BCUT2D eigenvalue weighted by Gasteiger charge is 2.08. The quantitative estimate of drug-likeness (QED) is 0.899. The van der Waals surface area contributed by atoms with E-state index in [4.69, 9.17) is 0 Å². The summed E-state index contributed by atoms with van der Waals surface area (Å²) in [7, 11) is 0. The molecule has 0 spiro atoms. The van der Waals surface area contributed by atoms with E-state index in [9.17, 15) is 9.18 Å². The van der Waals surface area contributed by atoms with Gasteiger partial charge in [0.1, 0.15) is 10.8 Å².